The van der Waals surface area contributed by atoms with Crippen LogP contribution in [0.3, 0.4) is 0 Å². The molecule has 5 nitrogen and oxygen atoms in total. The van der Waals surface area contributed by atoms with Gasteiger partial charge in [-0.3, -0.25) is 9.59 Å². The van der Waals surface area contributed by atoms with E-state index >= 15 is 0 Å². The van der Waals surface area contributed by atoms with Crippen molar-refractivity contribution in [2.45, 2.75) is 70.8 Å². The van der Waals surface area contributed by atoms with Crippen LogP contribution in [0.5, 0.6) is 0 Å². The van der Waals surface area contributed by atoms with Gasteiger partial charge in [-0.25, -0.2) is 0 Å². The number of piperidine rings is 1. The Balaban J connectivity index is 1.86. The minimum absolute atomic E-state index is 0.0674. The lowest BCUT2D eigenvalue weighted by Gasteiger charge is -2.35. The van der Waals surface area contributed by atoms with Crippen LogP contribution >= 0.6 is 0 Å². The van der Waals surface area contributed by atoms with Gasteiger partial charge in [-0.1, -0.05) is 26.2 Å². The van der Waals surface area contributed by atoms with Crippen LogP contribution in [0.2, 0.25) is 0 Å². The van der Waals surface area contributed by atoms with Crippen molar-refractivity contribution in [2.24, 2.45) is 17.6 Å². The van der Waals surface area contributed by atoms with Crippen molar-refractivity contribution >= 4 is 11.8 Å². The Morgan fingerprint density at radius 2 is 1.91 bits per heavy atom. The minimum atomic E-state index is -0.0674. The summed E-state index contributed by atoms with van der Waals surface area (Å²) < 4.78 is 0. The predicted molar refractivity (Wildman–Crippen MR) is 91.8 cm³/mol. The van der Waals surface area contributed by atoms with E-state index in [9.17, 15) is 9.59 Å². The monoisotopic (exact) mass is 323 g/mol. The summed E-state index contributed by atoms with van der Waals surface area (Å²) in [6, 6.07) is 0.101. The summed E-state index contributed by atoms with van der Waals surface area (Å²) in [4.78, 5) is 26.6. The van der Waals surface area contributed by atoms with E-state index in [1.807, 2.05) is 11.8 Å². The molecule has 1 saturated carbocycles. The van der Waals surface area contributed by atoms with Gasteiger partial charge in [0.05, 0.1) is 5.92 Å². The zero-order valence-electron chi connectivity index (χ0n) is 14.6. The van der Waals surface area contributed by atoms with Crippen LogP contribution in [0.25, 0.3) is 0 Å². The highest BCUT2D eigenvalue weighted by molar-refractivity contribution is 5.81. The molecule has 3 N–H and O–H groups in total. The molecule has 2 amide bonds. The first-order chi connectivity index (χ1) is 11.2. The van der Waals surface area contributed by atoms with Gasteiger partial charge in [0.2, 0.25) is 11.8 Å². The van der Waals surface area contributed by atoms with Gasteiger partial charge < -0.3 is 16.0 Å². The predicted octanol–water partition coefficient (Wildman–Crippen LogP) is 2.05. The molecule has 132 valence electrons. The van der Waals surface area contributed by atoms with Crippen molar-refractivity contribution in [3.8, 4) is 0 Å². The first kappa shape index (κ1) is 18.2. The van der Waals surface area contributed by atoms with E-state index in [2.05, 4.69) is 5.32 Å². The molecule has 0 spiro atoms. The second-order valence-electron chi connectivity index (χ2n) is 7.18. The lowest BCUT2D eigenvalue weighted by atomic mass is 9.83. The number of carbonyl (C=O) groups excluding carboxylic acids is 2. The Bertz CT molecular complexity index is 394. The van der Waals surface area contributed by atoms with Gasteiger partial charge in [0.1, 0.15) is 0 Å². The lowest BCUT2D eigenvalue weighted by molar-refractivity contribution is -0.136. The van der Waals surface area contributed by atoms with Gasteiger partial charge >= 0.3 is 0 Å². The maximum absolute atomic E-state index is 12.6. The standard InChI is InChI=1S/C18H33N3O2/c1-2-7-17(22)21-11-6-10-15(13-21)18(23)20-16(12-19)14-8-4-3-5-9-14/h14-16H,2-13,19H2,1H3,(H,20,23). The van der Waals surface area contributed by atoms with E-state index in [1.54, 1.807) is 0 Å². The number of nitrogens with two attached hydrogens (primary N) is 1. The minimum Gasteiger partial charge on any atom is -0.352 e. The topological polar surface area (TPSA) is 75.4 Å². The van der Waals surface area contributed by atoms with Crippen LogP contribution in [0.15, 0.2) is 0 Å². The van der Waals surface area contributed by atoms with Crippen LogP contribution in [-0.2, 0) is 9.59 Å². The van der Waals surface area contributed by atoms with Crippen molar-refractivity contribution in [3.63, 3.8) is 0 Å². The van der Waals surface area contributed by atoms with Crippen molar-refractivity contribution in [1.29, 1.82) is 0 Å². The molecule has 1 aliphatic carbocycles. The van der Waals surface area contributed by atoms with E-state index in [0.29, 0.717) is 25.4 Å². The van der Waals surface area contributed by atoms with Gasteiger partial charge in [0.15, 0.2) is 0 Å². The van der Waals surface area contributed by atoms with E-state index < -0.39 is 0 Å². The number of amides is 2. The molecule has 2 rings (SSSR count). The Morgan fingerprint density at radius 1 is 1.17 bits per heavy atom. The number of hydrogen-bond donors (Lipinski definition) is 2. The molecule has 0 radical (unpaired) electrons. The first-order valence-electron chi connectivity index (χ1n) is 9.44. The molecule has 2 unspecified atom stereocenters. The van der Waals surface area contributed by atoms with Gasteiger partial charge in [-0.2, -0.15) is 0 Å². The molecule has 2 fully saturated rings. The SMILES string of the molecule is CCCC(=O)N1CCCC(C(=O)NC(CN)C2CCCCC2)C1. The zero-order valence-corrected chi connectivity index (χ0v) is 14.6. The first-order valence-corrected chi connectivity index (χ1v) is 9.44. The fourth-order valence-electron chi connectivity index (χ4n) is 4.00. The van der Waals surface area contributed by atoms with Crippen molar-refractivity contribution in [2.75, 3.05) is 19.6 Å². The summed E-state index contributed by atoms with van der Waals surface area (Å²) in [5.74, 6) is 0.744. The highest BCUT2D eigenvalue weighted by Gasteiger charge is 2.31. The third-order valence-electron chi connectivity index (χ3n) is 5.41. The van der Waals surface area contributed by atoms with E-state index in [0.717, 1.165) is 25.8 Å². The number of hydrogen-bond acceptors (Lipinski definition) is 3. The largest absolute Gasteiger partial charge is 0.352 e. The summed E-state index contributed by atoms with van der Waals surface area (Å²) in [5.41, 5.74) is 5.92. The van der Waals surface area contributed by atoms with Crippen molar-refractivity contribution < 1.29 is 9.59 Å². The molecule has 0 bridgehead atoms. The summed E-state index contributed by atoms with van der Waals surface area (Å²) in [5, 5.41) is 3.20. The van der Waals surface area contributed by atoms with Crippen LogP contribution in [0.1, 0.15) is 64.7 Å². The van der Waals surface area contributed by atoms with Gasteiger partial charge in [0, 0.05) is 32.1 Å². The zero-order chi connectivity index (χ0) is 16.7. The summed E-state index contributed by atoms with van der Waals surface area (Å²) in [6.45, 7) is 3.90. The fourth-order valence-corrected chi connectivity index (χ4v) is 4.00. The maximum Gasteiger partial charge on any atom is 0.225 e. The molecule has 0 aromatic carbocycles. The Morgan fingerprint density at radius 3 is 2.57 bits per heavy atom. The third kappa shape index (κ3) is 5.20. The molecular weight excluding hydrogens is 290 g/mol. The number of nitrogens with one attached hydrogen (secondary N) is 1. The van der Waals surface area contributed by atoms with Gasteiger partial charge in [-0.15, -0.1) is 0 Å². The highest BCUT2D eigenvalue weighted by Crippen LogP contribution is 2.27. The molecular formula is C18H33N3O2. The normalized spacial score (nSPS) is 24.3. The van der Waals surface area contributed by atoms with Crippen molar-refractivity contribution in [3.05, 3.63) is 0 Å². The molecule has 2 atom stereocenters. The van der Waals surface area contributed by atoms with E-state index in [1.165, 1.54) is 32.1 Å². The molecule has 1 saturated heterocycles. The van der Waals surface area contributed by atoms with Gasteiger partial charge in [-0.05, 0) is 38.0 Å². The van der Waals surface area contributed by atoms with Crippen LogP contribution < -0.4 is 11.1 Å². The van der Waals surface area contributed by atoms with Gasteiger partial charge in [0.25, 0.3) is 0 Å². The van der Waals surface area contributed by atoms with E-state index in [4.69, 9.17) is 5.73 Å². The number of likely N-dealkylation sites (tertiary alicyclic amines) is 1. The molecule has 0 aromatic heterocycles. The molecule has 1 aliphatic heterocycles. The average Bonchev–Trinajstić information content (AvgIpc) is 2.60. The average molecular weight is 323 g/mol. The highest BCUT2D eigenvalue weighted by atomic mass is 16.2. The smallest absolute Gasteiger partial charge is 0.225 e. The number of nitrogens with zero attached hydrogens (tertiary/aromatic N) is 1. The van der Waals surface area contributed by atoms with Crippen LogP contribution in [-0.4, -0.2) is 42.4 Å². The quantitative estimate of drug-likeness (QED) is 0.785. The molecule has 5 heteroatoms. The number of carbonyl (C=O) groups is 2. The lowest BCUT2D eigenvalue weighted by Crippen LogP contribution is -2.51. The fraction of sp³-hybridized carbons (Fsp3) is 0.889. The van der Waals surface area contributed by atoms with Crippen LogP contribution in [0, 0.1) is 11.8 Å². The second kappa shape index (κ2) is 9.26. The Hall–Kier alpha value is -1.10. The number of rotatable bonds is 6. The molecule has 23 heavy (non-hydrogen) atoms. The molecule has 1 heterocycles. The summed E-state index contributed by atoms with van der Waals surface area (Å²) in [7, 11) is 0. The summed E-state index contributed by atoms with van der Waals surface area (Å²) in [6.07, 6.45) is 9.40. The van der Waals surface area contributed by atoms with E-state index in [-0.39, 0.29) is 23.8 Å². The second-order valence-corrected chi connectivity index (χ2v) is 7.18. The van der Waals surface area contributed by atoms with Crippen LogP contribution in [0.4, 0.5) is 0 Å². The molecule has 2 aliphatic rings. The Labute approximate surface area is 140 Å². The molecule has 0 aromatic rings. The summed E-state index contributed by atoms with van der Waals surface area (Å²) >= 11 is 0. The van der Waals surface area contributed by atoms with Crippen molar-refractivity contribution in [1.82, 2.24) is 10.2 Å². The Kier molecular flexibility index (Phi) is 7.34. The third-order valence-corrected chi connectivity index (χ3v) is 5.41. The maximum atomic E-state index is 12.6.